The zero-order valence-electron chi connectivity index (χ0n) is 11.3. The molecule has 0 aliphatic heterocycles. The summed E-state index contributed by atoms with van der Waals surface area (Å²) in [5.74, 6) is 1.66. The first kappa shape index (κ1) is 14.9. The molecule has 3 nitrogen and oxygen atoms in total. The van der Waals surface area contributed by atoms with Crippen LogP contribution in [0.3, 0.4) is 0 Å². The van der Waals surface area contributed by atoms with Gasteiger partial charge in [-0.3, -0.25) is 0 Å². The molecule has 0 bridgehead atoms. The number of hydrogen-bond acceptors (Lipinski definition) is 3. The highest BCUT2D eigenvalue weighted by Gasteiger charge is 1.98. The number of benzene rings is 2. The van der Waals surface area contributed by atoms with Crippen LogP contribution in [0.2, 0.25) is 0 Å². The summed E-state index contributed by atoms with van der Waals surface area (Å²) in [4.78, 5) is 0. The van der Waals surface area contributed by atoms with Gasteiger partial charge in [-0.1, -0.05) is 34.1 Å². The van der Waals surface area contributed by atoms with Gasteiger partial charge in [-0.2, -0.15) is 0 Å². The van der Waals surface area contributed by atoms with Crippen molar-refractivity contribution in [3.8, 4) is 11.5 Å². The fourth-order valence-electron chi connectivity index (χ4n) is 1.77. The van der Waals surface area contributed by atoms with Crippen LogP contribution in [0.1, 0.15) is 5.56 Å². The highest BCUT2D eigenvalue weighted by molar-refractivity contribution is 9.10. The van der Waals surface area contributed by atoms with Crippen molar-refractivity contribution in [2.24, 2.45) is 0 Å². The van der Waals surface area contributed by atoms with E-state index in [2.05, 4.69) is 15.9 Å². The van der Waals surface area contributed by atoms with Gasteiger partial charge in [0.05, 0.1) is 6.61 Å². The lowest BCUT2D eigenvalue weighted by Crippen LogP contribution is -2.09. The van der Waals surface area contributed by atoms with Crippen molar-refractivity contribution in [2.45, 2.75) is 6.61 Å². The molecule has 0 fully saturated rings. The lowest BCUT2D eigenvalue weighted by molar-refractivity contribution is 0.184. The van der Waals surface area contributed by atoms with Gasteiger partial charge < -0.3 is 14.2 Å². The Bertz CT molecular complexity index is 543. The Morgan fingerprint density at radius 1 is 0.900 bits per heavy atom. The standard InChI is InChI=1S/C16H17BrO3/c1-18-12-13-4-2-6-15(10-13)19-8-9-20-16-7-3-5-14(17)11-16/h2-7,10-11H,8-9,12H2,1H3. The summed E-state index contributed by atoms with van der Waals surface area (Å²) >= 11 is 3.41. The number of rotatable bonds is 7. The monoisotopic (exact) mass is 336 g/mol. The second-order valence-corrected chi connectivity index (χ2v) is 5.15. The van der Waals surface area contributed by atoms with E-state index in [9.17, 15) is 0 Å². The molecule has 0 spiro atoms. The lowest BCUT2D eigenvalue weighted by atomic mass is 10.2. The Balaban J connectivity index is 1.77. The molecule has 0 saturated heterocycles. The molecule has 0 radical (unpaired) electrons. The predicted octanol–water partition coefficient (Wildman–Crippen LogP) is 4.05. The molecular formula is C16H17BrO3. The van der Waals surface area contributed by atoms with Crippen LogP contribution in [0, 0.1) is 0 Å². The van der Waals surface area contributed by atoms with Crippen molar-refractivity contribution in [2.75, 3.05) is 20.3 Å². The minimum atomic E-state index is 0.503. The summed E-state index contributed by atoms with van der Waals surface area (Å²) in [5.41, 5.74) is 1.10. The van der Waals surface area contributed by atoms with Crippen molar-refractivity contribution in [1.29, 1.82) is 0 Å². The molecule has 0 amide bonds. The van der Waals surface area contributed by atoms with Crippen LogP contribution in [0.15, 0.2) is 53.0 Å². The van der Waals surface area contributed by atoms with Gasteiger partial charge in [-0.15, -0.1) is 0 Å². The molecule has 0 aliphatic rings. The van der Waals surface area contributed by atoms with Gasteiger partial charge in [-0.25, -0.2) is 0 Å². The average Bonchev–Trinajstić information content (AvgIpc) is 2.45. The van der Waals surface area contributed by atoms with E-state index in [0.29, 0.717) is 19.8 Å². The van der Waals surface area contributed by atoms with Crippen LogP contribution < -0.4 is 9.47 Å². The Morgan fingerprint density at radius 2 is 1.55 bits per heavy atom. The third-order valence-electron chi connectivity index (χ3n) is 2.63. The summed E-state index contributed by atoms with van der Waals surface area (Å²) in [6, 6.07) is 15.6. The van der Waals surface area contributed by atoms with Crippen LogP contribution in [-0.2, 0) is 11.3 Å². The summed E-state index contributed by atoms with van der Waals surface area (Å²) in [5, 5.41) is 0. The topological polar surface area (TPSA) is 27.7 Å². The highest BCUT2D eigenvalue weighted by atomic mass is 79.9. The van der Waals surface area contributed by atoms with E-state index < -0.39 is 0 Å². The van der Waals surface area contributed by atoms with E-state index in [1.165, 1.54) is 0 Å². The molecular weight excluding hydrogens is 320 g/mol. The van der Waals surface area contributed by atoms with Crippen molar-refractivity contribution in [3.63, 3.8) is 0 Å². The van der Waals surface area contributed by atoms with E-state index in [1.54, 1.807) is 7.11 Å². The van der Waals surface area contributed by atoms with Gasteiger partial charge in [0.15, 0.2) is 0 Å². The summed E-state index contributed by atoms with van der Waals surface area (Å²) < 4.78 is 17.4. The number of ether oxygens (including phenoxy) is 3. The molecule has 0 saturated carbocycles. The molecule has 2 aromatic rings. The van der Waals surface area contributed by atoms with E-state index in [0.717, 1.165) is 21.5 Å². The average molecular weight is 337 g/mol. The molecule has 0 aromatic heterocycles. The Labute approximate surface area is 127 Å². The fourth-order valence-corrected chi connectivity index (χ4v) is 2.15. The van der Waals surface area contributed by atoms with Crippen LogP contribution in [0.5, 0.6) is 11.5 Å². The molecule has 2 aromatic carbocycles. The molecule has 0 heterocycles. The number of hydrogen-bond donors (Lipinski definition) is 0. The van der Waals surface area contributed by atoms with Crippen molar-refractivity contribution in [3.05, 3.63) is 58.6 Å². The summed E-state index contributed by atoms with van der Waals surface area (Å²) in [6.07, 6.45) is 0. The maximum Gasteiger partial charge on any atom is 0.122 e. The van der Waals surface area contributed by atoms with E-state index >= 15 is 0 Å². The number of methoxy groups -OCH3 is 1. The largest absolute Gasteiger partial charge is 0.490 e. The predicted molar refractivity (Wildman–Crippen MR) is 82.3 cm³/mol. The quantitative estimate of drug-likeness (QED) is 0.714. The molecule has 4 heteroatoms. The maximum atomic E-state index is 5.65. The lowest BCUT2D eigenvalue weighted by Gasteiger charge is -2.09. The molecule has 0 aliphatic carbocycles. The van der Waals surface area contributed by atoms with Crippen molar-refractivity contribution < 1.29 is 14.2 Å². The number of halogens is 1. The first-order chi connectivity index (χ1) is 9.78. The second kappa shape index (κ2) is 7.92. The van der Waals surface area contributed by atoms with Crippen LogP contribution >= 0.6 is 15.9 Å². The van der Waals surface area contributed by atoms with E-state index in [4.69, 9.17) is 14.2 Å². The molecule has 20 heavy (non-hydrogen) atoms. The molecule has 0 atom stereocenters. The van der Waals surface area contributed by atoms with Gasteiger partial charge in [-0.05, 0) is 35.9 Å². The molecule has 0 unspecified atom stereocenters. The smallest absolute Gasteiger partial charge is 0.122 e. The second-order valence-electron chi connectivity index (χ2n) is 4.23. The zero-order valence-corrected chi connectivity index (χ0v) is 12.9. The molecule has 0 N–H and O–H groups in total. The Hall–Kier alpha value is -1.52. The summed E-state index contributed by atoms with van der Waals surface area (Å²) in [6.45, 7) is 1.60. The van der Waals surface area contributed by atoms with Gasteiger partial charge >= 0.3 is 0 Å². The fraction of sp³-hybridized carbons (Fsp3) is 0.250. The SMILES string of the molecule is COCc1cccc(OCCOc2cccc(Br)c2)c1. The van der Waals surface area contributed by atoms with Gasteiger partial charge in [0.25, 0.3) is 0 Å². The minimum Gasteiger partial charge on any atom is -0.490 e. The highest BCUT2D eigenvalue weighted by Crippen LogP contribution is 2.18. The first-order valence-electron chi connectivity index (χ1n) is 6.37. The van der Waals surface area contributed by atoms with E-state index in [-0.39, 0.29) is 0 Å². The van der Waals surface area contributed by atoms with Crippen molar-refractivity contribution >= 4 is 15.9 Å². The van der Waals surface area contributed by atoms with Crippen LogP contribution in [0.4, 0.5) is 0 Å². The minimum absolute atomic E-state index is 0.503. The van der Waals surface area contributed by atoms with Crippen LogP contribution in [0.25, 0.3) is 0 Å². The van der Waals surface area contributed by atoms with Crippen LogP contribution in [-0.4, -0.2) is 20.3 Å². The maximum absolute atomic E-state index is 5.65. The molecule has 106 valence electrons. The third-order valence-corrected chi connectivity index (χ3v) is 3.12. The molecule has 2 rings (SSSR count). The Morgan fingerprint density at radius 3 is 2.20 bits per heavy atom. The first-order valence-corrected chi connectivity index (χ1v) is 7.16. The van der Waals surface area contributed by atoms with Gasteiger partial charge in [0.2, 0.25) is 0 Å². The normalized spacial score (nSPS) is 10.3. The summed E-state index contributed by atoms with van der Waals surface area (Å²) in [7, 11) is 1.68. The van der Waals surface area contributed by atoms with Crippen molar-refractivity contribution in [1.82, 2.24) is 0 Å². The third kappa shape index (κ3) is 4.87. The van der Waals surface area contributed by atoms with Gasteiger partial charge in [0.1, 0.15) is 24.7 Å². The zero-order chi connectivity index (χ0) is 14.2. The Kier molecular flexibility index (Phi) is 5.89. The van der Waals surface area contributed by atoms with Gasteiger partial charge in [0, 0.05) is 11.6 Å². The van der Waals surface area contributed by atoms with E-state index in [1.807, 2.05) is 48.5 Å².